The van der Waals surface area contributed by atoms with Gasteiger partial charge in [0.25, 0.3) is 0 Å². The predicted molar refractivity (Wildman–Crippen MR) is 194 cm³/mol. The third-order valence-electron chi connectivity index (χ3n) is 10.1. The van der Waals surface area contributed by atoms with Crippen LogP contribution in [0.5, 0.6) is 0 Å². The molecule has 5 unspecified atom stereocenters. The van der Waals surface area contributed by atoms with Crippen LogP contribution in [0, 0.1) is 10.8 Å². The van der Waals surface area contributed by atoms with E-state index in [-0.39, 0.29) is 34.8 Å². The van der Waals surface area contributed by atoms with E-state index in [1.807, 2.05) is 115 Å². The lowest BCUT2D eigenvalue weighted by molar-refractivity contribution is -0.152. The van der Waals surface area contributed by atoms with Crippen LogP contribution in [0.4, 0.5) is 0 Å². The van der Waals surface area contributed by atoms with Crippen LogP contribution in [-0.2, 0) is 19.1 Å². The Morgan fingerprint density at radius 3 is 1.92 bits per heavy atom. The summed E-state index contributed by atoms with van der Waals surface area (Å²) < 4.78 is 11.6. The molecule has 0 aromatic carbocycles. The van der Waals surface area contributed by atoms with Crippen LogP contribution >= 0.6 is 0 Å². The minimum atomic E-state index is -1.11. The van der Waals surface area contributed by atoms with Gasteiger partial charge >= 0.3 is 5.97 Å². The maximum atomic E-state index is 13.1. The highest BCUT2D eigenvalue weighted by molar-refractivity contribution is 5.96. The Kier molecular flexibility index (Phi) is 12.3. The first-order chi connectivity index (χ1) is 22.1. The first kappa shape index (κ1) is 39.2. The molecule has 3 aliphatic rings. The highest BCUT2D eigenvalue weighted by Crippen LogP contribution is 2.67. The summed E-state index contributed by atoms with van der Waals surface area (Å²) in [6.45, 7) is 21.4. The van der Waals surface area contributed by atoms with Crippen molar-refractivity contribution in [1.29, 1.82) is 0 Å². The number of carbonyl (C=O) groups excluding carboxylic acids is 2. The Balaban J connectivity index is 1.54. The number of rotatable bonds is 11. The van der Waals surface area contributed by atoms with E-state index in [1.165, 1.54) is 6.92 Å². The number of carbonyl (C=O) groups is 2. The molecule has 1 saturated heterocycles. The minimum absolute atomic E-state index is 0.0816. The quantitative estimate of drug-likeness (QED) is 0.0758. The van der Waals surface area contributed by atoms with Crippen molar-refractivity contribution in [3.63, 3.8) is 0 Å². The third-order valence-corrected chi connectivity index (χ3v) is 10.1. The standard InChI is InChI=1S/C42H58O6/c1-29(18-14-19-31(3)22-23-37-38(6,7)26-35(47-33(5)43)27-40(37,10)46)16-12-13-17-30(2)20-15-21-32(4)36(45)28-42-39(8,9)24-34(44)25-41(42,11)48-42/h12-22,34-35,44,46H,24-28H2,1-11H3/b13-12+,18-14+,20-15+,29-16+,30-17+,31-19+,32-21+. The first-order valence-corrected chi connectivity index (χ1v) is 17.1. The molecule has 0 aromatic heterocycles. The average molecular weight is 659 g/mol. The van der Waals surface area contributed by atoms with Gasteiger partial charge in [-0.25, -0.2) is 0 Å². The summed E-state index contributed by atoms with van der Waals surface area (Å²) in [6.07, 6.45) is 23.6. The molecule has 48 heavy (non-hydrogen) atoms. The van der Waals surface area contributed by atoms with Crippen molar-refractivity contribution in [2.45, 2.75) is 137 Å². The molecule has 0 amide bonds. The second kappa shape index (κ2) is 15.1. The molecule has 6 nitrogen and oxygen atoms in total. The molecule has 3 rings (SSSR count). The van der Waals surface area contributed by atoms with Crippen LogP contribution in [0.2, 0.25) is 0 Å². The van der Waals surface area contributed by atoms with Crippen molar-refractivity contribution in [2.75, 3.05) is 0 Å². The molecule has 3 fully saturated rings. The molecule has 2 saturated carbocycles. The Morgan fingerprint density at radius 2 is 1.38 bits per heavy atom. The van der Waals surface area contributed by atoms with Crippen LogP contribution in [0.15, 0.2) is 100 Å². The molecular formula is C42H58O6. The summed E-state index contributed by atoms with van der Waals surface area (Å²) in [6, 6.07) is 0. The predicted octanol–water partition coefficient (Wildman–Crippen LogP) is 8.69. The number of hydrogen-bond acceptors (Lipinski definition) is 6. The molecule has 6 heteroatoms. The summed E-state index contributed by atoms with van der Waals surface area (Å²) in [4.78, 5) is 24.5. The zero-order valence-electron chi connectivity index (χ0n) is 31.1. The molecular weight excluding hydrogens is 600 g/mol. The number of ether oxygens (including phenoxy) is 2. The first-order valence-electron chi connectivity index (χ1n) is 17.1. The molecule has 0 radical (unpaired) electrons. The maximum absolute atomic E-state index is 13.1. The molecule has 2 aliphatic carbocycles. The molecule has 0 aromatic rings. The normalized spacial score (nSPS) is 32.4. The van der Waals surface area contributed by atoms with E-state index < -0.39 is 16.8 Å². The van der Waals surface area contributed by atoms with Gasteiger partial charge in [-0.1, -0.05) is 99.6 Å². The van der Waals surface area contributed by atoms with Crippen molar-refractivity contribution in [2.24, 2.45) is 10.8 Å². The third kappa shape index (κ3) is 9.66. The zero-order valence-corrected chi connectivity index (χ0v) is 31.1. The zero-order chi connectivity index (χ0) is 36.1. The summed E-state index contributed by atoms with van der Waals surface area (Å²) in [5, 5.41) is 21.4. The van der Waals surface area contributed by atoms with Gasteiger partial charge in [0, 0.05) is 31.8 Å². The van der Waals surface area contributed by atoms with Crippen molar-refractivity contribution in [3.05, 3.63) is 100 Å². The topological polar surface area (TPSA) is 96.4 Å². The number of allylic oxidation sites excluding steroid dienone is 14. The molecule has 1 heterocycles. The fraction of sp³-hybridized carbons (Fsp3) is 0.548. The number of aliphatic hydroxyl groups is 2. The fourth-order valence-corrected chi connectivity index (χ4v) is 7.76. The van der Waals surface area contributed by atoms with Crippen molar-refractivity contribution in [1.82, 2.24) is 0 Å². The lowest BCUT2D eigenvalue weighted by Gasteiger charge is -2.44. The number of fused-ring (bicyclic) bond motifs is 1. The van der Waals surface area contributed by atoms with Crippen LogP contribution in [-0.4, -0.2) is 51.0 Å². The van der Waals surface area contributed by atoms with Crippen LogP contribution < -0.4 is 0 Å². The van der Waals surface area contributed by atoms with Gasteiger partial charge in [-0.05, 0) is 82.4 Å². The van der Waals surface area contributed by atoms with Gasteiger partial charge < -0.3 is 19.7 Å². The SMILES string of the molecule is CC(=O)OC1CC(C)(C)C(=C=C/C(C)=C/C=C/C(C)=C/C=C/C=C(C)/C=C/C=C(\C)C(=O)CC23OC2(C)CC(O)CC3(C)C)C(C)(O)C1. The monoisotopic (exact) mass is 658 g/mol. The number of hydrogen-bond donors (Lipinski definition) is 2. The number of esters is 1. The van der Waals surface area contributed by atoms with Gasteiger partial charge in [0.1, 0.15) is 11.7 Å². The van der Waals surface area contributed by atoms with E-state index in [1.54, 1.807) is 6.92 Å². The van der Waals surface area contributed by atoms with Gasteiger partial charge in [-0.2, -0.15) is 0 Å². The number of ketones is 1. The van der Waals surface area contributed by atoms with Gasteiger partial charge in [-0.3, -0.25) is 9.59 Å². The molecule has 0 bridgehead atoms. The number of epoxide rings is 1. The van der Waals surface area contributed by atoms with E-state index in [9.17, 15) is 19.8 Å². The lowest BCUT2D eigenvalue weighted by Crippen LogP contribution is -2.48. The van der Waals surface area contributed by atoms with E-state index in [0.717, 1.165) is 22.3 Å². The van der Waals surface area contributed by atoms with Gasteiger partial charge in [-0.15, -0.1) is 5.73 Å². The van der Waals surface area contributed by atoms with E-state index in [0.29, 0.717) is 37.7 Å². The van der Waals surface area contributed by atoms with Crippen molar-refractivity contribution in [3.8, 4) is 0 Å². The second-order valence-electron chi connectivity index (χ2n) is 15.9. The summed E-state index contributed by atoms with van der Waals surface area (Å²) in [5.74, 6) is -0.244. The van der Waals surface area contributed by atoms with E-state index >= 15 is 0 Å². The maximum Gasteiger partial charge on any atom is 0.302 e. The largest absolute Gasteiger partial charge is 0.462 e. The Bertz CT molecular complexity index is 1510. The molecule has 2 N–H and O–H groups in total. The molecule has 262 valence electrons. The summed E-state index contributed by atoms with van der Waals surface area (Å²) >= 11 is 0. The smallest absolute Gasteiger partial charge is 0.302 e. The van der Waals surface area contributed by atoms with Gasteiger partial charge in [0.15, 0.2) is 5.78 Å². The van der Waals surface area contributed by atoms with Crippen LogP contribution in [0.1, 0.15) is 108 Å². The molecule has 0 spiro atoms. The summed E-state index contributed by atoms with van der Waals surface area (Å²) in [5.41, 5.74) is 5.35. The highest BCUT2D eigenvalue weighted by atomic mass is 16.6. The molecule has 1 aliphatic heterocycles. The Hall–Kier alpha value is -3.28. The molecule has 5 atom stereocenters. The summed E-state index contributed by atoms with van der Waals surface area (Å²) in [7, 11) is 0. The number of Topliss-reactive ketones (excluding diaryl/α,β-unsaturated/α-hetero) is 1. The van der Waals surface area contributed by atoms with Crippen molar-refractivity contribution >= 4 is 11.8 Å². The lowest BCUT2D eigenvalue weighted by atomic mass is 9.61. The van der Waals surface area contributed by atoms with Gasteiger partial charge in [0.05, 0.1) is 17.3 Å². The van der Waals surface area contributed by atoms with Crippen LogP contribution in [0.25, 0.3) is 0 Å². The van der Waals surface area contributed by atoms with Crippen molar-refractivity contribution < 1.29 is 29.3 Å². The Morgan fingerprint density at radius 1 is 0.812 bits per heavy atom. The van der Waals surface area contributed by atoms with Crippen LogP contribution in [0.3, 0.4) is 0 Å². The van der Waals surface area contributed by atoms with Gasteiger partial charge in [0.2, 0.25) is 0 Å². The second-order valence-corrected chi connectivity index (χ2v) is 15.9. The fourth-order valence-electron chi connectivity index (χ4n) is 7.76. The average Bonchev–Trinajstić information content (AvgIpc) is 3.53. The number of aliphatic hydroxyl groups excluding tert-OH is 1. The highest BCUT2D eigenvalue weighted by Gasteiger charge is 2.76. The van der Waals surface area contributed by atoms with E-state index in [4.69, 9.17) is 9.47 Å². The van der Waals surface area contributed by atoms with E-state index in [2.05, 4.69) is 19.6 Å². The minimum Gasteiger partial charge on any atom is -0.462 e. The Labute approximate surface area is 289 Å².